The Morgan fingerprint density at radius 1 is 1.21 bits per heavy atom. The van der Waals surface area contributed by atoms with Crippen molar-refractivity contribution in [3.05, 3.63) is 23.4 Å². The first-order valence-electron chi connectivity index (χ1n) is 7.51. The highest BCUT2D eigenvalue weighted by molar-refractivity contribution is 5.26. The third-order valence-corrected chi connectivity index (χ3v) is 2.98. The molecule has 108 valence electrons. The van der Waals surface area contributed by atoms with Crippen molar-refractivity contribution in [2.24, 2.45) is 0 Å². The molecule has 0 spiro atoms. The monoisotopic (exact) mass is 264 g/mol. The summed E-state index contributed by atoms with van der Waals surface area (Å²) in [4.78, 5) is 4.58. The summed E-state index contributed by atoms with van der Waals surface area (Å²) in [5.41, 5.74) is 2.38. The van der Waals surface area contributed by atoms with Gasteiger partial charge in [0.05, 0.1) is 6.61 Å². The van der Waals surface area contributed by atoms with Crippen LogP contribution in [0.15, 0.2) is 12.1 Å². The van der Waals surface area contributed by atoms with Crippen molar-refractivity contribution in [3.8, 4) is 5.88 Å². The quantitative estimate of drug-likeness (QED) is 0.687. The van der Waals surface area contributed by atoms with Crippen LogP contribution in [0.1, 0.15) is 64.1 Å². The number of aromatic nitrogens is 1. The van der Waals surface area contributed by atoms with E-state index in [0.717, 1.165) is 50.5 Å². The van der Waals surface area contributed by atoms with E-state index in [2.05, 4.69) is 50.1 Å². The number of hydrogen-bond acceptors (Lipinski definition) is 3. The zero-order valence-corrected chi connectivity index (χ0v) is 12.8. The van der Waals surface area contributed by atoms with Crippen molar-refractivity contribution >= 4 is 0 Å². The third kappa shape index (κ3) is 6.06. The molecule has 3 nitrogen and oxygen atoms in total. The van der Waals surface area contributed by atoms with E-state index in [1.54, 1.807) is 0 Å². The number of nitrogens with zero attached hydrogens (tertiary/aromatic N) is 1. The lowest BCUT2D eigenvalue weighted by Gasteiger charge is -2.12. The van der Waals surface area contributed by atoms with E-state index in [9.17, 15) is 0 Å². The van der Waals surface area contributed by atoms with Crippen LogP contribution < -0.4 is 10.1 Å². The van der Waals surface area contributed by atoms with Crippen LogP contribution in [0.2, 0.25) is 0 Å². The molecule has 0 amide bonds. The fraction of sp³-hybridized carbons (Fsp3) is 0.688. The van der Waals surface area contributed by atoms with Crippen molar-refractivity contribution in [1.29, 1.82) is 0 Å². The van der Waals surface area contributed by atoms with Crippen LogP contribution in [0.5, 0.6) is 5.88 Å². The van der Waals surface area contributed by atoms with Crippen molar-refractivity contribution in [3.63, 3.8) is 0 Å². The summed E-state index contributed by atoms with van der Waals surface area (Å²) in [7, 11) is 0. The van der Waals surface area contributed by atoms with Crippen LogP contribution in [0.3, 0.4) is 0 Å². The normalized spacial score (nSPS) is 11.0. The average Bonchev–Trinajstić information content (AvgIpc) is 2.39. The third-order valence-electron chi connectivity index (χ3n) is 2.98. The Kier molecular flexibility index (Phi) is 7.49. The van der Waals surface area contributed by atoms with E-state index in [1.165, 1.54) is 5.56 Å². The molecule has 0 radical (unpaired) electrons. The molecule has 0 aliphatic heterocycles. The highest BCUT2D eigenvalue weighted by atomic mass is 16.5. The molecular weight excluding hydrogens is 236 g/mol. The average molecular weight is 264 g/mol. The maximum absolute atomic E-state index is 5.75. The molecule has 0 bridgehead atoms. The van der Waals surface area contributed by atoms with E-state index in [1.807, 2.05) is 0 Å². The van der Waals surface area contributed by atoms with Gasteiger partial charge in [0.2, 0.25) is 5.88 Å². The number of unbranched alkanes of at least 4 members (excludes halogenated alkanes) is 1. The molecule has 1 aromatic rings. The summed E-state index contributed by atoms with van der Waals surface area (Å²) in [5.74, 6) is 1.20. The molecule has 0 fully saturated rings. The number of pyridine rings is 1. The van der Waals surface area contributed by atoms with Gasteiger partial charge in [-0.25, -0.2) is 4.98 Å². The van der Waals surface area contributed by atoms with Gasteiger partial charge in [0.25, 0.3) is 0 Å². The summed E-state index contributed by atoms with van der Waals surface area (Å²) >= 11 is 0. The summed E-state index contributed by atoms with van der Waals surface area (Å²) in [6.45, 7) is 11.4. The Bertz CT molecular complexity index is 336. The van der Waals surface area contributed by atoms with E-state index in [0.29, 0.717) is 5.92 Å². The van der Waals surface area contributed by atoms with Gasteiger partial charge >= 0.3 is 0 Å². The molecule has 0 atom stereocenters. The van der Waals surface area contributed by atoms with Gasteiger partial charge in [-0.15, -0.1) is 0 Å². The van der Waals surface area contributed by atoms with Crippen LogP contribution in [-0.4, -0.2) is 18.1 Å². The van der Waals surface area contributed by atoms with Crippen molar-refractivity contribution < 1.29 is 4.74 Å². The predicted octanol–water partition coefficient (Wildman–Crippen LogP) is 3.88. The van der Waals surface area contributed by atoms with E-state index < -0.39 is 0 Å². The topological polar surface area (TPSA) is 34.1 Å². The van der Waals surface area contributed by atoms with E-state index >= 15 is 0 Å². The molecule has 19 heavy (non-hydrogen) atoms. The van der Waals surface area contributed by atoms with Gasteiger partial charge in [-0.2, -0.15) is 0 Å². The first-order chi connectivity index (χ1) is 9.17. The minimum Gasteiger partial charge on any atom is -0.478 e. The molecule has 1 N–H and O–H groups in total. The smallest absolute Gasteiger partial charge is 0.213 e. The zero-order chi connectivity index (χ0) is 14.1. The maximum Gasteiger partial charge on any atom is 0.213 e. The van der Waals surface area contributed by atoms with Gasteiger partial charge < -0.3 is 10.1 Å². The Morgan fingerprint density at radius 3 is 2.63 bits per heavy atom. The highest BCUT2D eigenvalue weighted by Gasteiger charge is 2.07. The molecule has 0 saturated carbocycles. The van der Waals surface area contributed by atoms with Crippen LogP contribution >= 0.6 is 0 Å². The molecule has 1 rings (SSSR count). The van der Waals surface area contributed by atoms with Gasteiger partial charge in [0.15, 0.2) is 0 Å². The molecule has 1 heterocycles. The van der Waals surface area contributed by atoms with Crippen molar-refractivity contribution in [2.45, 2.75) is 59.4 Å². The fourth-order valence-corrected chi connectivity index (χ4v) is 1.78. The second-order valence-electron chi connectivity index (χ2n) is 5.27. The van der Waals surface area contributed by atoms with Gasteiger partial charge in [-0.1, -0.05) is 34.1 Å². The lowest BCUT2D eigenvalue weighted by Crippen LogP contribution is -2.14. The molecule has 0 aromatic carbocycles. The second-order valence-corrected chi connectivity index (χ2v) is 5.27. The predicted molar refractivity (Wildman–Crippen MR) is 80.7 cm³/mol. The summed E-state index contributed by atoms with van der Waals surface area (Å²) in [6, 6.07) is 4.24. The Labute approximate surface area is 117 Å². The van der Waals surface area contributed by atoms with Gasteiger partial charge in [-0.3, -0.25) is 0 Å². The minimum atomic E-state index is 0.430. The lowest BCUT2D eigenvalue weighted by atomic mass is 10.1. The summed E-state index contributed by atoms with van der Waals surface area (Å²) < 4.78 is 5.75. The SMILES string of the molecule is CCCCOc1cc(CNCCC)cc(C(C)C)n1. The van der Waals surface area contributed by atoms with Crippen LogP contribution in [0.4, 0.5) is 0 Å². The molecule has 0 unspecified atom stereocenters. The van der Waals surface area contributed by atoms with Crippen molar-refractivity contribution in [2.75, 3.05) is 13.2 Å². The minimum absolute atomic E-state index is 0.430. The standard InChI is InChI=1S/C16H28N2O/c1-5-7-9-19-16-11-14(12-17-8-6-2)10-15(18-16)13(3)4/h10-11,13,17H,5-9,12H2,1-4H3. The fourth-order valence-electron chi connectivity index (χ4n) is 1.78. The molecule has 0 aliphatic carbocycles. The Balaban J connectivity index is 2.72. The van der Waals surface area contributed by atoms with Gasteiger partial charge in [-0.05, 0) is 36.9 Å². The van der Waals surface area contributed by atoms with E-state index in [-0.39, 0.29) is 0 Å². The zero-order valence-electron chi connectivity index (χ0n) is 12.8. The number of nitrogens with one attached hydrogen (secondary N) is 1. The number of rotatable bonds is 9. The number of ether oxygens (including phenoxy) is 1. The number of hydrogen-bond donors (Lipinski definition) is 1. The highest BCUT2D eigenvalue weighted by Crippen LogP contribution is 2.19. The summed E-state index contributed by atoms with van der Waals surface area (Å²) in [5, 5.41) is 3.43. The second kappa shape index (κ2) is 8.92. The van der Waals surface area contributed by atoms with E-state index in [4.69, 9.17) is 4.74 Å². The van der Waals surface area contributed by atoms with Gasteiger partial charge in [0, 0.05) is 18.3 Å². The lowest BCUT2D eigenvalue weighted by molar-refractivity contribution is 0.296. The Hall–Kier alpha value is -1.09. The maximum atomic E-state index is 5.75. The van der Waals surface area contributed by atoms with Crippen LogP contribution in [-0.2, 0) is 6.54 Å². The van der Waals surface area contributed by atoms with Crippen LogP contribution in [0, 0.1) is 0 Å². The summed E-state index contributed by atoms with van der Waals surface area (Å²) in [6.07, 6.45) is 3.38. The van der Waals surface area contributed by atoms with Crippen molar-refractivity contribution in [1.82, 2.24) is 10.3 Å². The molecule has 0 saturated heterocycles. The molecule has 3 heteroatoms. The molecular formula is C16H28N2O. The first kappa shape index (κ1) is 16.0. The molecule has 1 aromatic heterocycles. The largest absolute Gasteiger partial charge is 0.478 e. The first-order valence-corrected chi connectivity index (χ1v) is 7.51. The van der Waals surface area contributed by atoms with Gasteiger partial charge in [0.1, 0.15) is 0 Å². The van der Waals surface area contributed by atoms with Crippen LogP contribution in [0.25, 0.3) is 0 Å². The molecule has 0 aliphatic rings. The Morgan fingerprint density at radius 2 is 2.00 bits per heavy atom.